The van der Waals surface area contributed by atoms with E-state index in [4.69, 9.17) is 9.84 Å². The second kappa shape index (κ2) is 7.43. The number of nitrogens with one attached hydrogen (secondary N) is 1. The molecular weight excluding hydrogens is 346 g/mol. The van der Waals surface area contributed by atoms with Crippen LogP contribution in [0.5, 0.6) is 0 Å². The van der Waals surface area contributed by atoms with E-state index in [2.05, 4.69) is 23.6 Å². The molecule has 1 unspecified atom stereocenters. The van der Waals surface area contributed by atoms with Crippen molar-refractivity contribution in [1.29, 1.82) is 0 Å². The van der Waals surface area contributed by atoms with Crippen LogP contribution in [0.15, 0.2) is 48.7 Å². The molecule has 0 radical (unpaired) electrons. The number of rotatable bonds is 5. The largest absolute Gasteiger partial charge is 0.370 e. The lowest BCUT2D eigenvalue weighted by Gasteiger charge is -2.22. The Kier molecular flexibility index (Phi) is 4.86. The summed E-state index contributed by atoms with van der Waals surface area (Å²) in [7, 11) is 0. The van der Waals surface area contributed by atoms with Gasteiger partial charge in [0.25, 0.3) is 5.91 Å². The Labute approximate surface area is 156 Å². The average molecular weight is 367 g/mol. The predicted octanol–water partition coefficient (Wildman–Crippen LogP) is 3.35. The van der Waals surface area contributed by atoms with Crippen LogP contribution in [0.3, 0.4) is 0 Å². The molecule has 3 aromatic rings. The van der Waals surface area contributed by atoms with Gasteiger partial charge in [0.1, 0.15) is 6.10 Å². The van der Waals surface area contributed by atoms with Gasteiger partial charge in [0.2, 0.25) is 0 Å². The molecule has 1 aliphatic heterocycles. The van der Waals surface area contributed by atoms with Crippen LogP contribution in [0.2, 0.25) is 0 Å². The standard InChI is InChI=1S/C20H21N3O2S/c1-14-7-8-18(26-14)20(24)21-11-17-19-16(9-10-25-17)13-23(22-19)12-15-5-3-2-4-6-15/h2-8,13,17H,9-12H2,1H3,(H,21,24). The third-order valence-corrected chi connectivity index (χ3v) is 5.46. The van der Waals surface area contributed by atoms with E-state index in [0.717, 1.165) is 28.4 Å². The molecular formula is C20H21N3O2S. The first-order valence-corrected chi connectivity index (χ1v) is 9.57. The maximum absolute atomic E-state index is 12.3. The normalized spacial score (nSPS) is 16.3. The highest BCUT2D eigenvalue weighted by atomic mass is 32.1. The Morgan fingerprint density at radius 2 is 2.15 bits per heavy atom. The fraction of sp³-hybridized carbons (Fsp3) is 0.300. The Hall–Kier alpha value is -2.44. The van der Waals surface area contributed by atoms with Gasteiger partial charge in [-0.3, -0.25) is 9.48 Å². The summed E-state index contributed by atoms with van der Waals surface area (Å²) in [6, 6.07) is 14.1. The zero-order valence-electron chi connectivity index (χ0n) is 14.6. The van der Waals surface area contributed by atoms with Crippen LogP contribution < -0.4 is 5.32 Å². The molecule has 0 fully saturated rings. The molecule has 0 bridgehead atoms. The maximum Gasteiger partial charge on any atom is 0.261 e. The first-order valence-electron chi connectivity index (χ1n) is 8.75. The van der Waals surface area contributed by atoms with Crippen molar-refractivity contribution in [3.05, 3.63) is 75.2 Å². The van der Waals surface area contributed by atoms with Gasteiger partial charge in [-0.15, -0.1) is 11.3 Å². The third-order valence-electron chi connectivity index (χ3n) is 4.47. The topological polar surface area (TPSA) is 56.1 Å². The van der Waals surface area contributed by atoms with Gasteiger partial charge in [-0.2, -0.15) is 5.10 Å². The minimum absolute atomic E-state index is 0.0532. The molecule has 5 nitrogen and oxygen atoms in total. The highest BCUT2D eigenvalue weighted by Crippen LogP contribution is 2.26. The van der Waals surface area contributed by atoms with Gasteiger partial charge in [-0.25, -0.2) is 0 Å². The van der Waals surface area contributed by atoms with Crippen molar-refractivity contribution in [2.24, 2.45) is 0 Å². The van der Waals surface area contributed by atoms with E-state index in [1.165, 1.54) is 22.5 Å². The lowest BCUT2D eigenvalue weighted by molar-refractivity contribution is 0.0384. The van der Waals surface area contributed by atoms with Gasteiger partial charge < -0.3 is 10.1 Å². The minimum atomic E-state index is -0.194. The molecule has 2 aromatic heterocycles. The molecule has 1 amide bonds. The van der Waals surface area contributed by atoms with E-state index in [9.17, 15) is 4.79 Å². The highest BCUT2D eigenvalue weighted by Gasteiger charge is 2.25. The Morgan fingerprint density at radius 3 is 2.92 bits per heavy atom. The number of hydrogen-bond acceptors (Lipinski definition) is 4. The average Bonchev–Trinajstić information content (AvgIpc) is 3.26. The van der Waals surface area contributed by atoms with Gasteiger partial charge in [-0.1, -0.05) is 30.3 Å². The van der Waals surface area contributed by atoms with Crippen LogP contribution in [0.4, 0.5) is 0 Å². The summed E-state index contributed by atoms with van der Waals surface area (Å²) >= 11 is 1.50. The fourth-order valence-electron chi connectivity index (χ4n) is 3.17. The molecule has 134 valence electrons. The lowest BCUT2D eigenvalue weighted by atomic mass is 10.1. The summed E-state index contributed by atoms with van der Waals surface area (Å²) in [5.41, 5.74) is 3.36. The molecule has 0 saturated carbocycles. The maximum atomic E-state index is 12.3. The number of aryl methyl sites for hydroxylation is 1. The fourth-order valence-corrected chi connectivity index (χ4v) is 3.95. The first-order chi connectivity index (χ1) is 12.7. The first kappa shape index (κ1) is 17.0. The summed E-state index contributed by atoms with van der Waals surface area (Å²) in [6.45, 7) is 3.83. The SMILES string of the molecule is Cc1ccc(C(=O)NCC2OCCc3cn(Cc4ccccc4)nc32)s1. The van der Waals surface area contributed by atoms with Crippen molar-refractivity contribution in [3.8, 4) is 0 Å². The number of carbonyl (C=O) groups excluding carboxylic acids is 1. The van der Waals surface area contributed by atoms with Crippen molar-refractivity contribution >= 4 is 17.2 Å². The van der Waals surface area contributed by atoms with Crippen LogP contribution in [0.1, 0.15) is 37.5 Å². The zero-order chi connectivity index (χ0) is 17.9. The number of amides is 1. The number of hydrogen-bond donors (Lipinski definition) is 1. The summed E-state index contributed by atoms with van der Waals surface area (Å²) in [5, 5.41) is 7.70. The Morgan fingerprint density at radius 1 is 1.31 bits per heavy atom. The molecule has 1 aromatic carbocycles. The van der Waals surface area contributed by atoms with Gasteiger partial charge in [-0.05, 0) is 36.6 Å². The molecule has 0 aliphatic carbocycles. The number of carbonyl (C=O) groups is 1. The minimum Gasteiger partial charge on any atom is -0.370 e. The molecule has 0 spiro atoms. The second-order valence-corrected chi connectivity index (χ2v) is 7.74. The van der Waals surface area contributed by atoms with Gasteiger partial charge in [0.15, 0.2) is 0 Å². The number of thiophene rings is 1. The summed E-state index contributed by atoms with van der Waals surface area (Å²) in [6.07, 6.45) is 2.77. The number of fused-ring (bicyclic) bond motifs is 1. The van der Waals surface area contributed by atoms with Crippen molar-refractivity contribution in [1.82, 2.24) is 15.1 Å². The van der Waals surface area contributed by atoms with Crippen molar-refractivity contribution < 1.29 is 9.53 Å². The molecule has 3 heterocycles. The van der Waals surface area contributed by atoms with E-state index in [-0.39, 0.29) is 12.0 Å². The van der Waals surface area contributed by atoms with E-state index >= 15 is 0 Å². The summed E-state index contributed by atoms with van der Waals surface area (Å²) in [5.74, 6) is -0.0532. The van der Waals surface area contributed by atoms with Gasteiger partial charge >= 0.3 is 0 Å². The molecule has 4 rings (SSSR count). The molecule has 26 heavy (non-hydrogen) atoms. The van der Waals surface area contributed by atoms with Crippen LogP contribution >= 0.6 is 11.3 Å². The predicted molar refractivity (Wildman–Crippen MR) is 102 cm³/mol. The number of ether oxygens (including phenoxy) is 1. The lowest BCUT2D eigenvalue weighted by Crippen LogP contribution is -2.31. The highest BCUT2D eigenvalue weighted by molar-refractivity contribution is 7.13. The molecule has 1 aliphatic rings. The third kappa shape index (κ3) is 3.71. The summed E-state index contributed by atoms with van der Waals surface area (Å²) < 4.78 is 7.84. The molecule has 1 N–H and O–H groups in total. The van der Waals surface area contributed by atoms with Crippen LogP contribution in [-0.4, -0.2) is 28.8 Å². The van der Waals surface area contributed by atoms with Crippen molar-refractivity contribution in [2.75, 3.05) is 13.2 Å². The molecule has 1 atom stereocenters. The smallest absolute Gasteiger partial charge is 0.261 e. The van der Waals surface area contributed by atoms with Crippen LogP contribution in [-0.2, 0) is 17.7 Å². The Bertz CT molecular complexity index is 901. The van der Waals surface area contributed by atoms with E-state index in [0.29, 0.717) is 13.2 Å². The quantitative estimate of drug-likeness (QED) is 0.752. The van der Waals surface area contributed by atoms with Crippen molar-refractivity contribution in [3.63, 3.8) is 0 Å². The van der Waals surface area contributed by atoms with Gasteiger partial charge in [0.05, 0.1) is 23.7 Å². The van der Waals surface area contributed by atoms with Gasteiger partial charge in [0, 0.05) is 17.6 Å². The van der Waals surface area contributed by atoms with Crippen LogP contribution in [0.25, 0.3) is 0 Å². The zero-order valence-corrected chi connectivity index (χ0v) is 15.5. The molecule has 0 saturated heterocycles. The van der Waals surface area contributed by atoms with E-state index < -0.39 is 0 Å². The summed E-state index contributed by atoms with van der Waals surface area (Å²) in [4.78, 5) is 14.1. The monoisotopic (exact) mass is 367 g/mol. The van der Waals surface area contributed by atoms with E-state index in [1.807, 2.05) is 41.9 Å². The van der Waals surface area contributed by atoms with Crippen molar-refractivity contribution in [2.45, 2.75) is 26.0 Å². The second-order valence-electron chi connectivity index (χ2n) is 6.45. The molecule has 6 heteroatoms. The Balaban J connectivity index is 1.44. The number of aromatic nitrogens is 2. The number of nitrogens with zero attached hydrogens (tertiary/aromatic N) is 2. The number of benzene rings is 1. The van der Waals surface area contributed by atoms with Crippen LogP contribution in [0, 0.1) is 6.92 Å². The van der Waals surface area contributed by atoms with E-state index in [1.54, 1.807) is 0 Å².